The number of carbonyl (C=O) groups is 1. The van der Waals surface area contributed by atoms with Crippen molar-refractivity contribution >= 4 is 5.97 Å². The molecule has 0 aliphatic carbocycles. The van der Waals surface area contributed by atoms with E-state index in [0.29, 0.717) is 0 Å². The van der Waals surface area contributed by atoms with Crippen molar-refractivity contribution in [3.63, 3.8) is 0 Å². The van der Waals surface area contributed by atoms with Gasteiger partial charge < -0.3 is 37.2 Å². The van der Waals surface area contributed by atoms with Gasteiger partial charge in [-0.15, -0.1) is 0 Å². The summed E-state index contributed by atoms with van der Waals surface area (Å²) in [7, 11) is 0. The summed E-state index contributed by atoms with van der Waals surface area (Å²) in [4.78, 5) is 10.2. The zero-order valence-electron chi connectivity index (χ0n) is 9.63. The number of rotatable bonds is 6. The van der Waals surface area contributed by atoms with Gasteiger partial charge in [-0.1, -0.05) is 0 Å². The SMILES string of the molecule is O=C(O)[C@H](O)[C@@H](O)[C@H](O)[C@H](O)C(O)CO.[H-].[Na+]. The van der Waals surface area contributed by atoms with Crippen LogP contribution in [0.2, 0.25) is 0 Å². The third-order valence-corrected chi connectivity index (χ3v) is 1.86. The van der Waals surface area contributed by atoms with Gasteiger partial charge in [0.1, 0.15) is 24.4 Å². The third kappa shape index (κ3) is 5.04. The van der Waals surface area contributed by atoms with E-state index in [2.05, 4.69) is 0 Å². The molecule has 8 nitrogen and oxygen atoms in total. The van der Waals surface area contributed by atoms with Gasteiger partial charge in [0.2, 0.25) is 0 Å². The minimum absolute atomic E-state index is 0. The number of carboxylic acids is 1. The van der Waals surface area contributed by atoms with E-state index < -0.39 is 43.1 Å². The first kappa shape index (κ1) is 18.6. The van der Waals surface area contributed by atoms with E-state index in [1.165, 1.54) is 0 Å². The van der Waals surface area contributed by atoms with E-state index in [9.17, 15) is 4.79 Å². The topological polar surface area (TPSA) is 159 Å². The summed E-state index contributed by atoms with van der Waals surface area (Å²) in [6, 6.07) is 0. The second-order valence-electron chi connectivity index (χ2n) is 3.00. The molecule has 0 heterocycles. The van der Waals surface area contributed by atoms with Crippen LogP contribution in [0.1, 0.15) is 1.43 Å². The predicted octanol–water partition coefficient (Wildman–Crippen LogP) is -7.02. The first-order chi connectivity index (χ1) is 6.82. The molecule has 0 spiro atoms. The molecule has 1 unspecified atom stereocenters. The predicted molar refractivity (Wildman–Crippen MR) is 45.9 cm³/mol. The van der Waals surface area contributed by atoms with Gasteiger partial charge >= 0.3 is 35.5 Å². The monoisotopic (exact) mass is 250 g/mol. The summed E-state index contributed by atoms with van der Waals surface area (Å²) in [5.74, 6) is -1.78. The Morgan fingerprint density at radius 2 is 1.44 bits per heavy atom. The molecular weight excluding hydrogens is 235 g/mol. The fourth-order valence-corrected chi connectivity index (χ4v) is 0.870. The molecule has 0 radical (unpaired) electrons. The van der Waals surface area contributed by atoms with Gasteiger partial charge in [0.05, 0.1) is 6.61 Å². The minimum atomic E-state index is -2.29. The van der Waals surface area contributed by atoms with Gasteiger partial charge in [0, 0.05) is 0 Å². The maximum Gasteiger partial charge on any atom is 1.00 e. The van der Waals surface area contributed by atoms with Gasteiger partial charge in [-0.05, 0) is 0 Å². The van der Waals surface area contributed by atoms with Crippen molar-refractivity contribution in [3.05, 3.63) is 0 Å². The molecule has 0 fully saturated rings. The Morgan fingerprint density at radius 3 is 1.75 bits per heavy atom. The van der Waals surface area contributed by atoms with Gasteiger partial charge in [-0.2, -0.15) is 0 Å². The first-order valence-electron chi connectivity index (χ1n) is 4.07. The van der Waals surface area contributed by atoms with Crippen LogP contribution in [0.5, 0.6) is 0 Å². The average Bonchev–Trinajstić information content (AvgIpc) is 2.23. The normalized spacial score (nSPS) is 20.1. The maximum atomic E-state index is 10.2. The molecule has 0 amide bonds. The van der Waals surface area contributed by atoms with Crippen LogP contribution in [0.4, 0.5) is 0 Å². The van der Waals surface area contributed by atoms with Crippen molar-refractivity contribution in [3.8, 4) is 0 Å². The van der Waals surface area contributed by atoms with Crippen LogP contribution in [0.15, 0.2) is 0 Å². The summed E-state index contributed by atoms with van der Waals surface area (Å²) in [6.07, 6.45) is -10.2. The Hall–Kier alpha value is 0.230. The molecule has 0 aliphatic heterocycles. The second kappa shape index (κ2) is 8.34. The average molecular weight is 250 g/mol. The van der Waals surface area contributed by atoms with E-state index >= 15 is 0 Å². The van der Waals surface area contributed by atoms with Crippen LogP contribution < -0.4 is 29.6 Å². The second-order valence-corrected chi connectivity index (χ2v) is 3.00. The Labute approximate surface area is 115 Å². The Balaban J connectivity index is -0.000000980. The number of hydrogen-bond donors (Lipinski definition) is 7. The Morgan fingerprint density at radius 1 is 1.00 bits per heavy atom. The smallest absolute Gasteiger partial charge is 1.00 e. The van der Waals surface area contributed by atoms with Crippen LogP contribution in [0.3, 0.4) is 0 Å². The molecule has 5 atom stereocenters. The quantitative estimate of drug-likeness (QED) is 0.229. The molecular formula is C7H15NaO8. The summed E-state index contributed by atoms with van der Waals surface area (Å²) in [5, 5.41) is 61.5. The van der Waals surface area contributed by atoms with Gasteiger partial charge in [-0.25, -0.2) is 4.79 Å². The van der Waals surface area contributed by atoms with Crippen molar-refractivity contribution < 1.29 is 71.5 Å². The molecule has 7 N–H and O–H groups in total. The molecule has 0 saturated carbocycles. The van der Waals surface area contributed by atoms with Gasteiger partial charge in [-0.3, -0.25) is 0 Å². The van der Waals surface area contributed by atoms with E-state index in [0.717, 1.165) is 0 Å². The van der Waals surface area contributed by atoms with Crippen LogP contribution in [-0.2, 0) is 4.79 Å². The fourth-order valence-electron chi connectivity index (χ4n) is 0.870. The van der Waals surface area contributed by atoms with Gasteiger partial charge in [0.15, 0.2) is 6.10 Å². The number of aliphatic hydroxyl groups excluding tert-OH is 6. The summed E-state index contributed by atoms with van der Waals surface area (Å²) >= 11 is 0. The number of carboxylic acid groups (broad SMARTS) is 1. The first-order valence-corrected chi connectivity index (χ1v) is 4.07. The third-order valence-electron chi connectivity index (χ3n) is 1.86. The molecule has 0 aromatic heterocycles. The van der Waals surface area contributed by atoms with Crippen molar-refractivity contribution in [1.29, 1.82) is 0 Å². The number of hydrogen-bond acceptors (Lipinski definition) is 7. The standard InChI is InChI=1S/C7H14O8.Na.H/c8-1-2(9)3(10)4(11)5(12)6(13)7(14)15;;/h2-6,8-13H,1H2,(H,14,15);;/q;+1;-1/t2?,3-,4-,5+,6-;;/m1../s1. The van der Waals surface area contributed by atoms with E-state index in [1.807, 2.05) is 0 Å². The molecule has 0 aromatic carbocycles. The van der Waals surface area contributed by atoms with Crippen LogP contribution in [-0.4, -0.2) is 78.8 Å². The molecule has 9 heteroatoms. The molecule has 0 saturated heterocycles. The molecule has 0 rings (SSSR count). The number of aliphatic hydroxyl groups is 6. The number of aliphatic carboxylic acids is 1. The summed E-state index contributed by atoms with van der Waals surface area (Å²) in [5.41, 5.74) is 0. The molecule has 92 valence electrons. The van der Waals surface area contributed by atoms with Crippen molar-refractivity contribution in [2.75, 3.05) is 6.61 Å². The Kier molecular flexibility index (Phi) is 9.69. The summed E-state index contributed by atoms with van der Waals surface area (Å²) in [6.45, 7) is -0.881. The molecule has 0 aliphatic rings. The molecule has 0 bridgehead atoms. The zero-order valence-corrected chi connectivity index (χ0v) is 10.6. The van der Waals surface area contributed by atoms with Crippen molar-refractivity contribution in [2.24, 2.45) is 0 Å². The van der Waals surface area contributed by atoms with E-state index in [-0.39, 0.29) is 31.0 Å². The zero-order chi connectivity index (χ0) is 12.2. The van der Waals surface area contributed by atoms with Crippen LogP contribution in [0.25, 0.3) is 0 Å². The minimum Gasteiger partial charge on any atom is -1.00 e. The van der Waals surface area contributed by atoms with Crippen LogP contribution >= 0.6 is 0 Å². The largest absolute Gasteiger partial charge is 1.00 e. The van der Waals surface area contributed by atoms with Crippen molar-refractivity contribution in [2.45, 2.75) is 30.5 Å². The Bertz CT molecular complexity index is 218. The maximum absolute atomic E-state index is 10.2. The summed E-state index contributed by atoms with van der Waals surface area (Å²) < 4.78 is 0. The molecule has 0 aromatic rings. The fraction of sp³-hybridized carbons (Fsp3) is 0.857. The van der Waals surface area contributed by atoms with E-state index in [4.69, 9.17) is 35.7 Å². The van der Waals surface area contributed by atoms with E-state index in [1.54, 1.807) is 0 Å². The molecule has 16 heavy (non-hydrogen) atoms. The van der Waals surface area contributed by atoms with Crippen LogP contribution in [0, 0.1) is 0 Å². The van der Waals surface area contributed by atoms with Gasteiger partial charge in [0.25, 0.3) is 0 Å². The van der Waals surface area contributed by atoms with Crippen molar-refractivity contribution in [1.82, 2.24) is 0 Å².